The van der Waals surface area contributed by atoms with Crippen LogP contribution in [-0.2, 0) is 4.79 Å². The highest BCUT2D eigenvalue weighted by Gasteiger charge is 2.16. The maximum atomic E-state index is 12.0. The van der Waals surface area contributed by atoms with Crippen LogP contribution in [0.2, 0.25) is 5.02 Å². The lowest BCUT2D eigenvalue weighted by Crippen LogP contribution is -2.40. The molecule has 2 aromatic carbocycles. The van der Waals surface area contributed by atoms with Crippen molar-refractivity contribution in [2.45, 2.75) is 0 Å². The van der Waals surface area contributed by atoms with Gasteiger partial charge in [-0.3, -0.25) is 20.4 Å². The van der Waals surface area contributed by atoms with E-state index in [1.54, 1.807) is 48.5 Å². The number of nitrogens with one attached hydrogen (secondary N) is 2. The second kappa shape index (κ2) is 7.06. The SMILES string of the molecule is O=C(/C=C/c1ccc(Cl)cc1)NNC(=O)c1ccc2c(c1)OCO2. The van der Waals surface area contributed by atoms with Crippen LogP contribution in [0, 0.1) is 0 Å². The minimum absolute atomic E-state index is 0.132. The number of hydrazine groups is 1. The summed E-state index contributed by atoms with van der Waals surface area (Å²) in [5.41, 5.74) is 5.80. The highest BCUT2D eigenvalue weighted by atomic mass is 35.5. The van der Waals surface area contributed by atoms with Gasteiger partial charge in [-0.1, -0.05) is 23.7 Å². The number of hydrogen-bond donors (Lipinski definition) is 2. The average Bonchev–Trinajstić information content (AvgIpc) is 3.06. The summed E-state index contributed by atoms with van der Waals surface area (Å²) < 4.78 is 10.4. The van der Waals surface area contributed by atoms with Crippen molar-refractivity contribution in [3.8, 4) is 11.5 Å². The molecule has 0 saturated heterocycles. The molecule has 24 heavy (non-hydrogen) atoms. The third-order valence-corrected chi connectivity index (χ3v) is 3.48. The van der Waals surface area contributed by atoms with Crippen molar-refractivity contribution < 1.29 is 19.1 Å². The van der Waals surface area contributed by atoms with Crippen molar-refractivity contribution in [1.82, 2.24) is 10.9 Å². The maximum Gasteiger partial charge on any atom is 0.269 e. The number of ether oxygens (including phenoxy) is 2. The summed E-state index contributed by atoms with van der Waals surface area (Å²) in [5.74, 6) is 0.165. The highest BCUT2D eigenvalue weighted by Crippen LogP contribution is 2.32. The fourth-order valence-corrected chi connectivity index (χ4v) is 2.14. The Kier molecular flexibility index (Phi) is 4.67. The predicted molar refractivity (Wildman–Crippen MR) is 88.7 cm³/mol. The van der Waals surface area contributed by atoms with Crippen molar-refractivity contribution in [2.75, 3.05) is 6.79 Å². The van der Waals surface area contributed by atoms with E-state index < -0.39 is 11.8 Å². The van der Waals surface area contributed by atoms with Crippen LogP contribution in [0.15, 0.2) is 48.5 Å². The Morgan fingerprint density at radius 3 is 2.54 bits per heavy atom. The van der Waals surface area contributed by atoms with Crippen molar-refractivity contribution >= 4 is 29.5 Å². The molecular weight excluding hydrogens is 332 g/mol. The van der Waals surface area contributed by atoms with Gasteiger partial charge in [-0.2, -0.15) is 0 Å². The lowest BCUT2D eigenvalue weighted by molar-refractivity contribution is -0.117. The van der Waals surface area contributed by atoms with Gasteiger partial charge in [-0.15, -0.1) is 0 Å². The monoisotopic (exact) mass is 344 g/mol. The van der Waals surface area contributed by atoms with Crippen LogP contribution in [0.25, 0.3) is 6.08 Å². The number of amides is 2. The number of fused-ring (bicyclic) bond motifs is 1. The number of hydrogen-bond acceptors (Lipinski definition) is 4. The first kappa shape index (κ1) is 15.9. The second-order valence-electron chi connectivity index (χ2n) is 4.90. The van der Waals surface area contributed by atoms with Crippen LogP contribution in [0.1, 0.15) is 15.9 Å². The van der Waals surface area contributed by atoms with Gasteiger partial charge >= 0.3 is 0 Å². The minimum atomic E-state index is -0.459. The van der Waals surface area contributed by atoms with E-state index in [9.17, 15) is 9.59 Å². The standard InChI is InChI=1S/C17H13ClN2O4/c18-13-5-1-11(2-6-13)3-8-16(21)19-20-17(22)12-4-7-14-15(9-12)24-10-23-14/h1-9H,10H2,(H,19,21)(H,20,22)/b8-3+. The molecule has 2 amide bonds. The van der Waals surface area contributed by atoms with Gasteiger partial charge in [0.25, 0.3) is 11.8 Å². The zero-order chi connectivity index (χ0) is 16.9. The summed E-state index contributed by atoms with van der Waals surface area (Å²) in [4.78, 5) is 23.7. The van der Waals surface area contributed by atoms with E-state index >= 15 is 0 Å². The van der Waals surface area contributed by atoms with Gasteiger partial charge < -0.3 is 9.47 Å². The van der Waals surface area contributed by atoms with E-state index in [-0.39, 0.29) is 6.79 Å². The largest absolute Gasteiger partial charge is 0.454 e. The normalized spacial score (nSPS) is 12.2. The van der Waals surface area contributed by atoms with Crippen molar-refractivity contribution in [1.29, 1.82) is 0 Å². The maximum absolute atomic E-state index is 12.0. The Bertz CT molecular complexity index is 803. The molecule has 7 heteroatoms. The van der Waals surface area contributed by atoms with E-state index in [0.29, 0.717) is 22.1 Å². The Labute approximate surface area is 143 Å². The van der Waals surface area contributed by atoms with Gasteiger partial charge in [0.2, 0.25) is 6.79 Å². The second-order valence-corrected chi connectivity index (χ2v) is 5.33. The van der Waals surface area contributed by atoms with Crippen LogP contribution in [0.5, 0.6) is 11.5 Å². The Balaban J connectivity index is 1.54. The molecule has 2 N–H and O–H groups in total. The zero-order valence-corrected chi connectivity index (χ0v) is 13.2. The summed E-state index contributed by atoms with van der Waals surface area (Å²) in [5, 5.41) is 0.618. The minimum Gasteiger partial charge on any atom is -0.454 e. The van der Waals surface area contributed by atoms with Crippen molar-refractivity contribution in [3.63, 3.8) is 0 Å². The molecule has 0 radical (unpaired) electrons. The van der Waals surface area contributed by atoms with Gasteiger partial charge in [0, 0.05) is 16.7 Å². The molecule has 0 saturated carbocycles. The molecule has 2 aromatic rings. The molecule has 0 bridgehead atoms. The first-order valence-electron chi connectivity index (χ1n) is 7.05. The molecule has 6 nitrogen and oxygen atoms in total. The summed E-state index contributed by atoms with van der Waals surface area (Å²) in [6.07, 6.45) is 2.92. The lowest BCUT2D eigenvalue weighted by Gasteiger charge is -2.06. The number of carbonyl (C=O) groups excluding carboxylic acids is 2. The first-order chi connectivity index (χ1) is 11.6. The Hall–Kier alpha value is -2.99. The molecule has 1 heterocycles. The molecule has 0 unspecified atom stereocenters. The molecule has 0 fully saturated rings. The third kappa shape index (κ3) is 3.85. The van der Waals surface area contributed by atoms with Crippen molar-refractivity contribution in [3.05, 3.63) is 64.7 Å². The molecule has 0 spiro atoms. The fraction of sp³-hybridized carbons (Fsp3) is 0.0588. The average molecular weight is 345 g/mol. The summed E-state index contributed by atoms with van der Waals surface area (Å²) in [6.45, 7) is 0.132. The molecule has 0 atom stereocenters. The number of carbonyl (C=O) groups is 2. The van der Waals surface area contributed by atoms with E-state index in [1.165, 1.54) is 6.08 Å². The molecule has 0 aliphatic carbocycles. The summed E-state index contributed by atoms with van der Waals surface area (Å²) >= 11 is 5.78. The Morgan fingerprint density at radius 2 is 1.75 bits per heavy atom. The van der Waals surface area contributed by atoms with Gasteiger partial charge in [0.1, 0.15) is 0 Å². The van der Waals surface area contributed by atoms with Crippen LogP contribution >= 0.6 is 11.6 Å². The third-order valence-electron chi connectivity index (χ3n) is 3.23. The number of rotatable bonds is 3. The van der Waals surface area contributed by atoms with Crippen molar-refractivity contribution in [2.24, 2.45) is 0 Å². The van der Waals surface area contributed by atoms with E-state index in [4.69, 9.17) is 21.1 Å². The Morgan fingerprint density at radius 1 is 1.00 bits per heavy atom. The molecular formula is C17H13ClN2O4. The molecule has 122 valence electrons. The molecule has 1 aliphatic heterocycles. The van der Waals surface area contributed by atoms with Crippen LogP contribution in [-0.4, -0.2) is 18.6 Å². The van der Waals surface area contributed by atoms with Gasteiger partial charge in [-0.25, -0.2) is 0 Å². The highest BCUT2D eigenvalue weighted by molar-refractivity contribution is 6.30. The van der Waals surface area contributed by atoms with Crippen LogP contribution in [0.4, 0.5) is 0 Å². The van der Waals surface area contributed by atoms with Crippen LogP contribution < -0.4 is 20.3 Å². The number of benzene rings is 2. The smallest absolute Gasteiger partial charge is 0.269 e. The molecule has 0 aromatic heterocycles. The zero-order valence-electron chi connectivity index (χ0n) is 12.4. The lowest BCUT2D eigenvalue weighted by atomic mass is 10.2. The van der Waals surface area contributed by atoms with Gasteiger partial charge in [-0.05, 0) is 42.0 Å². The van der Waals surface area contributed by atoms with Gasteiger partial charge in [0.05, 0.1) is 0 Å². The quantitative estimate of drug-likeness (QED) is 0.662. The summed E-state index contributed by atoms with van der Waals surface area (Å²) in [6, 6.07) is 11.8. The number of halogens is 1. The van der Waals surface area contributed by atoms with E-state index in [0.717, 1.165) is 5.56 Å². The summed E-state index contributed by atoms with van der Waals surface area (Å²) in [7, 11) is 0. The molecule has 1 aliphatic rings. The first-order valence-corrected chi connectivity index (χ1v) is 7.43. The fourth-order valence-electron chi connectivity index (χ4n) is 2.02. The predicted octanol–water partition coefficient (Wildman–Crippen LogP) is 2.54. The van der Waals surface area contributed by atoms with E-state index in [2.05, 4.69) is 10.9 Å². The topological polar surface area (TPSA) is 76.7 Å². The van der Waals surface area contributed by atoms with Gasteiger partial charge in [0.15, 0.2) is 11.5 Å². The van der Waals surface area contributed by atoms with E-state index in [1.807, 2.05) is 0 Å². The van der Waals surface area contributed by atoms with Crippen LogP contribution in [0.3, 0.4) is 0 Å². The molecule has 3 rings (SSSR count).